The quantitative estimate of drug-likeness (QED) is 0.585. The number of nitrogens with zero attached hydrogens (tertiary/aromatic N) is 1. The highest BCUT2D eigenvalue weighted by Crippen LogP contribution is 2.34. The summed E-state index contributed by atoms with van der Waals surface area (Å²) in [6, 6.07) is 14.4. The van der Waals surface area contributed by atoms with E-state index < -0.39 is 0 Å². The minimum atomic E-state index is -0.164. The molecule has 0 radical (unpaired) electrons. The van der Waals surface area contributed by atoms with Crippen LogP contribution in [0.1, 0.15) is 16.7 Å². The van der Waals surface area contributed by atoms with Crippen LogP contribution < -0.4 is 4.74 Å². The summed E-state index contributed by atoms with van der Waals surface area (Å²) in [5.41, 5.74) is 3.49. The fourth-order valence-corrected chi connectivity index (χ4v) is 4.73. The molecule has 1 aliphatic heterocycles. The van der Waals surface area contributed by atoms with Crippen molar-refractivity contribution in [3.05, 3.63) is 64.5 Å². The van der Waals surface area contributed by atoms with Gasteiger partial charge in [-0.2, -0.15) is 0 Å². The van der Waals surface area contributed by atoms with E-state index in [9.17, 15) is 9.59 Å². The van der Waals surface area contributed by atoms with Crippen LogP contribution in [-0.2, 0) is 17.8 Å². The third-order valence-corrected chi connectivity index (χ3v) is 6.44. The molecule has 0 atom stereocenters. The van der Waals surface area contributed by atoms with Gasteiger partial charge in [-0.25, -0.2) is 0 Å². The van der Waals surface area contributed by atoms with Crippen LogP contribution >= 0.6 is 23.1 Å². The molecule has 0 aliphatic carbocycles. The highest BCUT2D eigenvalue weighted by Gasteiger charge is 2.30. The molecule has 0 bridgehead atoms. The number of thioether (sulfide) groups is 1. The zero-order valence-corrected chi connectivity index (χ0v) is 16.6. The van der Waals surface area contributed by atoms with E-state index in [2.05, 4.69) is 31.2 Å². The molecule has 6 heteroatoms. The highest BCUT2D eigenvalue weighted by molar-refractivity contribution is 8.14. The molecule has 2 aromatic carbocycles. The second-order valence-electron chi connectivity index (χ2n) is 6.50. The minimum Gasteiger partial charge on any atom is -0.493 e. The minimum absolute atomic E-state index is 0.117. The fraction of sp³-hybridized carbons (Fsp3) is 0.238. The molecule has 3 aromatic rings. The third-order valence-electron chi connectivity index (χ3n) is 4.60. The van der Waals surface area contributed by atoms with Gasteiger partial charge in [0.15, 0.2) is 0 Å². The van der Waals surface area contributed by atoms with Crippen LogP contribution in [0.5, 0.6) is 5.75 Å². The van der Waals surface area contributed by atoms with Crippen molar-refractivity contribution in [1.29, 1.82) is 0 Å². The van der Waals surface area contributed by atoms with Crippen molar-refractivity contribution in [2.45, 2.75) is 19.9 Å². The summed E-state index contributed by atoms with van der Waals surface area (Å²) in [7, 11) is 0. The number of carbonyl (C=O) groups is 2. The van der Waals surface area contributed by atoms with Gasteiger partial charge in [-0.1, -0.05) is 47.7 Å². The highest BCUT2D eigenvalue weighted by atomic mass is 32.2. The number of benzene rings is 2. The molecule has 0 spiro atoms. The van der Waals surface area contributed by atoms with Gasteiger partial charge < -0.3 is 4.74 Å². The van der Waals surface area contributed by atoms with Crippen LogP contribution in [0.25, 0.3) is 10.1 Å². The van der Waals surface area contributed by atoms with Gasteiger partial charge in [0, 0.05) is 16.5 Å². The number of ether oxygens (including phenoxy) is 1. The molecule has 0 saturated carbocycles. The van der Waals surface area contributed by atoms with Gasteiger partial charge in [0.05, 0.1) is 18.9 Å². The number of fused-ring (bicyclic) bond motifs is 1. The lowest BCUT2D eigenvalue weighted by atomic mass is 10.1. The molecule has 0 N–H and O–H groups in total. The van der Waals surface area contributed by atoms with E-state index >= 15 is 0 Å². The van der Waals surface area contributed by atoms with Crippen molar-refractivity contribution in [1.82, 2.24) is 4.90 Å². The summed E-state index contributed by atoms with van der Waals surface area (Å²) in [4.78, 5) is 25.1. The number of imide groups is 1. The molecule has 138 valence electrons. The van der Waals surface area contributed by atoms with Gasteiger partial charge >= 0.3 is 0 Å². The number of rotatable bonds is 6. The molecule has 2 amide bonds. The Hall–Kier alpha value is -2.31. The smallest absolute Gasteiger partial charge is 0.289 e. The lowest BCUT2D eigenvalue weighted by Gasteiger charge is -2.15. The number of amides is 2. The average molecular weight is 398 g/mol. The monoisotopic (exact) mass is 397 g/mol. The molecule has 2 heterocycles. The first-order valence-corrected chi connectivity index (χ1v) is 10.6. The van der Waals surface area contributed by atoms with Crippen LogP contribution in [0, 0.1) is 6.92 Å². The molecule has 1 aromatic heterocycles. The van der Waals surface area contributed by atoms with Gasteiger partial charge in [0.25, 0.3) is 5.24 Å². The topological polar surface area (TPSA) is 46.6 Å². The molecule has 4 nitrogen and oxygen atoms in total. The van der Waals surface area contributed by atoms with Crippen molar-refractivity contribution in [3.8, 4) is 5.75 Å². The van der Waals surface area contributed by atoms with E-state index in [0.717, 1.165) is 39.6 Å². The number of aryl methyl sites for hydroxylation is 1. The first-order valence-electron chi connectivity index (χ1n) is 8.76. The van der Waals surface area contributed by atoms with Crippen LogP contribution in [0.15, 0.2) is 47.8 Å². The zero-order chi connectivity index (χ0) is 18.8. The van der Waals surface area contributed by atoms with Crippen LogP contribution in [0.4, 0.5) is 4.79 Å². The predicted octanol–water partition coefficient (Wildman–Crippen LogP) is 5.03. The van der Waals surface area contributed by atoms with E-state index in [0.29, 0.717) is 13.2 Å². The van der Waals surface area contributed by atoms with E-state index in [1.165, 1.54) is 16.0 Å². The number of hydrogen-bond acceptors (Lipinski definition) is 5. The van der Waals surface area contributed by atoms with Crippen LogP contribution in [-0.4, -0.2) is 28.4 Å². The SMILES string of the molecule is Cc1ccc(CCOc2ccc(CN3C(=O)CSC3=O)c3sccc23)cc1. The Bertz CT molecular complexity index is 978. The van der Waals surface area contributed by atoms with Crippen molar-refractivity contribution in [3.63, 3.8) is 0 Å². The summed E-state index contributed by atoms with van der Waals surface area (Å²) >= 11 is 2.68. The lowest BCUT2D eigenvalue weighted by molar-refractivity contribution is -0.124. The van der Waals surface area contributed by atoms with Crippen molar-refractivity contribution < 1.29 is 14.3 Å². The Morgan fingerprint density at radius 2 is 1.89 bits per heavy atom. The van der Waals surface area contributed by atoms with Crippen LogP contribution in [0.2, 0.25) is 0 Å². The van der Waals surface area contributed by atoms with Gasteiger partial charge in [0.2, 0.25) is 5.91 Å². The van der Waals surface area contributed by atoms with Gasteiger partial charge in [-0.05, 0) is 35.6 Å². The van der Waals surface area contributed by atoms with Crippen molar-refractivity contribution >= 4 is 44.3 Å². The van der Waals surface area contributed by atoms with E-state index in [1.54, 1.807) is 11.3 Å². The predicted molar refractivity (Wildman–Crippen MR) is 111 cm³/mol. The van der Waals surface area contributed by atoms with E-state index in [4.69, 9.17) is 4.74 Å². The molecule has 1 saturated heterocycles. The summed E-state index contributed by atoms with van der Waals surface area (Å²) in [6.07, 6.45) is 0.849. The van der Waals surface area contributed by atoms with E-state index in [-0.39, 0.29) is 16.9 Å². The third kappa shape index (κ3) is 3.87. The maximum atomic E-state index is 11.9. The molecule has 1 fully saturated rings. The standard InChI is InChI=1S/C21H19NO3S2/c1-14-2-4-15(5-3-14)8-10-25-18-7-6-16(20-17(18)9-11-26-20)12-22-19(23)13-27-21(22)24/h2-7,9,11H,8,10,12-13H2,1H3. The first kappa shape index (κ1) is 18.1. The molecule has 4 rings (SSSR count). The Morgan fingerprint density at radius 1 is 1.07 bits per heavy atom. The summed E-state index contributed by atoms with van der Waals surface area (Å²) < 4.78 is 7.10. The second kappa shape index (κ2) is 7.74. The Labute approximate surface area is 166 Å². The van der Waals surface area contributed by atoms with Gasteiger partial charge in [-0.3, -0.25) is 14.5 Å². The first-order chi connectivity index (χ1) is 13.1. The van der Waals surface area contributed by atoms with Crippen LogP contribution in [0.3, 0.4) is 0 Å². The van der Waals surface area contributed by atoms with Crippen molar-refractivity contribution in [2.24, 2.45) is 0 Å². The molecule has 1 aliphatic rings. The maximum absolute atomic E-state index is 11.9. The molecule has 0 unspecified atom stereocenters. The zero-order valence-electron chi connectivity index (χ0n) is 14.9. The van der Waals surface area contributed by atoms with Gasteiger partial charge in [0.1, 0.15) is 5.75 Å². The van der Waals surface area contributed by atoms with E-state index in [1.807, 2.05) is 23.6 Å². The Balaban J connectivity index is 1.48. The molecule has 27 heavy (non-hydrogen) atoms. The maximum Gasteiger partial charge on any atom is 0.289 e. The Kier molecular flexibility index (Phi) is 5.18. The number of thiophene rings is 1. The fourth-order valence-electron chi connectivity index (χ4n) is 3.08. The summed E-state index contributed by atoms with van der Waals surface area (Å²) in [5.74, 6) is 0.968. The van der Waals surface area contributed by atoms with Crippen molar-refractivity contribution in [2.75, 3.05) is 12.4 Å². The van der Waals surface area contributed by atoms with Gasteiger partial charge in [-0.15, -0.1) is 11.3 Å². The lowest BCUT2D eigenvalue weighted by Crippen LogP contribution is -2.27. The Morgan fingerprint density at radius 3 is 2.63 bits per heavy atom. The summed E-state index contributed by atoms with van der Waals surface area (Å²) in [6.45, 7) is 3.01. The number of hydrogen-bond donors (Lipinski definition) is 0. The molecular formula is C21H19NO3S2. The normalized spacial score (nSPS) is 14.3. The molecular weight excluding hydrogens is 378 g/mol. The second-order valence-corrected chi connectivity index (χ2v) is 8.35. The summed E-state index contributed by atoms with van der Waals surface area (Å²) in [5, 5.41) is 2.89. The number of carbonyl (C=O) groups excluding carboxylic acids is 2. The largest absolute Gasteiger partial charge is 0.493 e. The average Bonchev–Trinajstić information content (AvgIpc) is 3.27.